The second kappa shape index (κ2) is 14.9. The number of ether oxygens (including phenoxy) is 3. The van der Waals surface area contributed by atoms with E-state index in [1.807, 2.05) is 12.1 Å². The summed E-state index contributed by atoms with van der Waals surface area (Å²) in [5.74, 6) is 2.24. The number of rotatable bonds is 13. The van der Waals surface area contributed by atoms with Crippen molar-refractivity contribution in [3.05, 3.63) is 23.9 Å². The Hall–Kier alpha value is -1.13. The van der Waals surface area contributed by atoms with E-state index in [9.17, 15) is 0 Å². The maximum absolute atomic E-state index is 5.65. The van der Waals surface area contributed by atoms with Gasteiger partial charge in [0.1, 0.15) is 6.61 Å². The summed E-state index contributed by atoms with van der Waals surface area (Å²) in [6.07, 6.45) is 5.45. The maximum Gasteiger partial charge on any atom is 0.213 e. The molecule has 8 heteroatoms. The molecule has 0 unspecified atom stereocenters. The SMILES string of the molecule is CCNC(=NCc1ccc(OCCOC)nc1)NCCCOCC1CC1.I. The molecule has 1 aliphatic rings. The van der Waals surface area contributed by atoms with Crippen LogP contribution in [0, 0.1) is 5.92 Å². The molecule has 27 heavy (non-hydrogen) atoms. The monoisotopic (exact) mass is 492 g/mol. The summed E-state index contributed by atoms with van der Waals surface area (Å²) in [6, 6.07) is 3.84. The average molecular weight is 492 g/mol. The lowest BCUT2D eigenvalue weighted by molar-refractivity contribution is 0.123. The van der Waals surface area contributed by atoms with Gasteiger partial charge < -0.3 is 24.8 Å². The van der Waals surface area contributed by atoms with Gasteiger partial charge in [0.05, 0.1) is 13.2 Å². The van der Waals surface area contributed by atoms with Crippen molar-refractivity contribution >= 4 is 29.9 Å². The number of hydrogen-bond donors (Lipinski definition) is 2. The van der Waals surface area contributed by atoms with Crippen LogP contribution in [-0.4, -0.2) is 57.6 Å². The molecule has 7 nitrogen and oxygen atoms in total. The van der Waals surface area contributed by atoms with Crippen molar-refractivity contribution in [1.82, 2.24) is 15.6 Å². The molecule has 0 bridgehead atoms. The molecule has 2 rings (SSSR count). The van der Waals surface area contributed by atoms with Crippen LogP contribution >= 0.6 is 24.0 Å². The van der Waals surface area contributed by atoms with Crippen molar-refractivity contribution in [1.29, 1.82) is 0 Å². The van der Waals surface area contributed by atoms with Gasteiger partial charge in [-0.1, -0.05) is 6.07 Å². The Morgan fingerprint density at radius 2 is 2.07 bits per heavy atom. The number of halogens is 1. The van der Waals surface area contributed by atoms with E-state index in [-0.39, 0.29) is 24.0 Å². The summed E-state index contributed by atoms with van der Waals surface area (Å²) in [7, 11) is 1.65. The van der Waals surface area contributed by atoms with Gasteiger partial charge in [0.15, 0.2) is 5.96 Å². The maximum atomic E-state index is 5.65. The first-order valence-corrected chi connectivity index (χ1v) is 9.48. The molecular formula is C19H33IN4O3. The first-order chi connectivity index (χ1) is 12.8. The number of nitrogens with one attached hydrogen (secondary N) is 2. The highest BCUT2D eigenvalue weighted by Crippen LogP contribution is 2.28. The Morgan fingerprint density at radius 1 is 1.22 bits per heavy atom. The van der Waals surface area contributed by atoms with E-state index in [4.69, 9.17) is 14.2 Å². The predicted octanol–water partition coefficient (Wildman–Crippen LogP) is 2.60. The smallest absolute Gasteiger partial charge is 0.213 e. The van der Waals surface area contributed by atoms with Gasteiger partial charge in [-0.3, -0.25) is 0 Å². The minimum Gasteiger partial charge on any atom is -0.475 e. The van der Waals surface area contributed by atoms with Gasteiger partial charge in [-0.2, -0.15) is 0 Å². The van der Waals surface area contributed by atoms with E-state index in [0.717, 1.165) is 50.2 Å². The third-order valence-corrected chi connectivity index (χ3v) is 3.91. The molecule has 1 aromatic heterocycles. The highest BCUT2D eigenvalue weighted by molar-refractivity contribution is 14.0. The molecule has 1 aromatic rings. The molecule has 2 N–H and O–H groups in total. The fourth-order valence-corrected chi connectivity index (χ4v) is 2.25. The zero-order valence-electron chi connectivity index (χ0n) is 16.4. The number of aromatic nitrogens is 1. The van der Waals surface area contributed by atoms with E-state index in [1.54, 1.807) is 13.3 Å². The van der Waals surface area contributed by atoms with Gasteiger partial charge in [-0.25, -0.2) is 9.98 Å². The van der Waals surface area contributed by atoms with Crippen molar-refractivity contribution in [3.8, 4) is 5.88 Å². The largest absolute Gasteiger partial charge is 0.475 e. The Balaban J connectivity index is 0.00000364. The van der Waals surface area contributed by atoms with Gasteiger partial charge in [0, 0.05) is 45.7 Å². The summed E-state index contributed by atoms with van der Waals surface area (Å²) >= 11 is 0. The first kappa shape index (κ1) is 23.9. The van der Waals surface area contributed by atoms with Crippen LogP contribution in [0.4, 0.5) is 0 Å². The van der Waals surface area contributed by atoms with E-state index in [1.165, 1.54) is 12.8 Å². The summed E-state index contributed by atoms with van der Waals surface area (Å²) in [5.41, 5.74) is 1.04. The molecule has 1 heterocycles. The first-order valence-electron chi connectivity index (χ1n) is 9.48. The Labute approximate surface area is 179 Å². The van der Waals surface area contributed by atoms with Crippen molar-refractivity contribution in [2.75, 3.05) is 46.6 Å². The van der Waals surface area contributed by atoms with Crippen LogP contribution in [0.1, 0.15) is 31.7 Å². The molecule has 0 spiro atoms. The highest BCUT2D eigenvalue weighted by Gasteiger charge is 2.20. The highest BCUT2D eigenvalue weighted by atomic mass is 127. The molecule has 0 saturated heterocycles. The summed E-state index contributed by atoms with van der Waals surface area (Å²) in [4.78, 5) is 8.88. The van der Waals surface area contributed by atoms with E-state index < -0.39 is 0 Å². The number of pyridine rings is 1. The Morgan fingerprint density at radius 3 is 2.74 bits per heavy atom. The topological polar surface area (TPSA) is 77.0 Å². The minimum atomic E-state index is 0. The molecule has 0 aliphatic heterocycles. The number of methoxy groups -OCH3 is 1. The van der Waals surface area contributed by atoms with Crippen molar-refractivity contribution in [3.63, 3.8) is 0 Å². The van der Waals surface area contributed by atoms with Gasteiger partial charge >= 0.3 is 0 Å². The quantitative estimate of drug-likeness (QED) is 0.191. The van der Waals surface area contributed by atoms with Crippen LogP contribution in [-0.2, 0) is 16.0 Å². The van der Waals surface area contributed by atoms with Crippen LogP contribution < -0.4 is 15.4 Å². The van der Waals surface area contributed by atoms with Crippen LogP contribution in [0.3, 0.4) is 0 Å². The molecule has 1 saturated carbocycles. The Bertz CT molecular complexity index is 524. The zero-order valence-corrected chi connectivity index (χ0v) is 18.7. The number of nitrogens with zero attached hydrogens (tertiary/aromatic N) is 2. The second-order valence-electron chi connectivity index (χ2n) is 6.34. The van der Waals surface area contributed by atoms with E-state index in [2.05, 4.69) is 27.5 Å². The van der Waals surface area contributed by atoms with E-state index >= 15 is 0 Å². The number of aliphatic imine (C=N–C) groups is 1. The molecule has 0 aromatic carbocycles. The van der Waals surface area contributed by atoms with E-state index in [0.29, 0.717) is 25.6 Å². The second-order valence-corrected chi connectivity index (χ2v) is 6.34. The molecule has 0 amide bonds. The predicted molar refractivity (Wildman–Crippen MR) is 118 cm³/mol. The molecule has 0 radical (unpaired) electrons. The average Bonchev–Trinajstić information content (AvgIpc) is 3.48. The molecular weight excluding hydrogens is 459 g/mol. The molecule has 1 fully saturated rings. The number of hydrogen-bond acceptors (Lipinski definition) is 5. The zero-order chi connectivity index (χ0) is 18.5. The van der Waals surface area contributed by atoms with Gasteiger partial charge in [-0.15, -0.1) is 24.0 Å². The minimum absolute atomic E-state index is 0. The van der Waals surface area contributed by atoms with Crippen LogP contribution in [0.5, 0.6) is 5.88 Å². The summed E-state index contributed by atoms with van der Waals surface area (Å²) in [6.45, 7) is 7.08. The van der Waals surface area contributed by atoms with Crippen molar-refractivity contribution in [2.24, 2.45) is 10.9 Å². The molecule has 0 atom stereocenters. The summed E-state index contributed by atoms with van der Waals surface area (Å²) in [5, 5.41) is 6.60. The summed E-state index contributed by atoms with van der Waals surface area (Å²) < 4.78 is 16.1. The molecule has 1 aliphatic carbocycles. The fraction of sp³-hybridized carbons (Fsp3) is 0.684. The third-order valence-electron chi connectivity index (χ3n) is 3.91. The van der Waals surface area contributed by atoms with Gasteiger partial charge in [-0.05, 0) is 37.7 Å². The van der Waals surface area contributed by atoms with Crippen LogP contribution in [0.2, 0.25) is 0 Å². The van der Waals surface area contributed by atoms with Gasteiger partial charge in [0.25, 0.3) is 0 Å². The molecule has 154 valence electrons. The van der Waals surface area contributed by atoms with Crippen molar-refractivity contribution in [2.45, 2.75) is 32.7 Å². The lowest BCUT2D eigenvalue weighted by atomic mass is 10.3. The standard InChI is InChI=1S/C19H32N4O3.HI/c1-3-20-19(21-9-4-10-25-15-16-5-6-16)23-14-17-7-8-18(22-13-17)26-12-11-24-2;/h7-8,13,16H,3-6,9-12,14-15H2,1-2H3,(H2,20,21,23);1H. The van der Waals surface area contributed by atoms with Gasteiger partial charge in [0.2, 0.25) is 5.88 Å². The van der Waals surface area contributed by atoms with Crippen molar-refractivity contribution < 1.29 is 14.2 Å². The fourth-order valence-electron chi connectivity index (χ4n) is 2.25. The lowest BCUT2D eigenvalue weighted by Gasteiger charge is -2.11. The number of guanidine groups is 1. The van der Waals surface area contributed by atoms with Crippen LogP contribution in [0.25, 0.3) is 0 Å². The third kappa shape index (κ3) is 11.3. The Kier molecular flexibility index (Phi) is 13.2. The lowest BCUT2D eigenvalue weighted by Crippen LogP contribution is -2.38. The van der Waals surface area contributed by atoms with Crippen LogP contribution in [0.15, 0.2) is 23.3 Å². The normalized spacial score (nSPS) is 13.8.